The van der Waals surface area contributed by atoms with Gasteiger partial charge >= 0.3 is 0 Å². The van der Waals surface area contributed by atoms with Crippen LogP contribution in [0.4, 0.5) is 18.9 Å². The van der Waals surface area contributed by atoms with Crippen molar-refractivity contribution in [3.05, 3.63) is 90.0 Å². The predicted octanol–water partition coefficient (Wildman–Crippen LogP) is 4.96. The second-order valence-electron chi connectivity index (χ2n) is 10.2. The van der Waals surface area contributed by atoms with Gasteiger partial charge in [0.05, 0.1) is 17.4 Å². The van der Waals surface area contributed by atoms with E-state index in [9.17, 15) is 18.0 Å². The van der Waals surface area contributed by atoms with Gasteiger partial charge in [-0.3, -0.25) is 4.79 Å². The van der Waals surface area contributed by atoms with Gasteiger partial charge in [0.25, 0.3) is 5.91 Å². The minimum Gasteiger partial charge on any atom is -0.473 e. The lowest BCUT2D eigenvalue weighted by Gasteiger charge is -2.17. The third kappa shape index (κ3) is 6.22. The van der Waals surface area contributed by atoms with E-state index in [2.05, 4.69) is 25.9 Å². The smallest absolute Gasteiger partial charge is 0.257 e. The molecule has 3 N–H and O–H groups in total. The van der Waals surface area contributed by atoms with Crippen molar-refractivity contribution in [2.24, 2.45) is 0 Å². The van der Waals surface area contributed by atoms with Crippen molar-refractivity contribution in [2.75, 3.05) is 31.5 Å². The van der Waals surface area contributed by atoms with Gasteiger partial charge in [-0.15, -0.1) is 0 Å². The monoisotopic (exact) mass is 575 g/mol. The number of carbonyl (C=O) groups excluding carboxylic acids is 1. The van der Waals surface area contributed by atoms with Crippen molar-refractivity contribution in [2.45, 2.75) is 25.0 Å². The Morgan fingerprint density at radius 2 is 1.38 bits per heavy atom. The van der Waals surface area contributed by atoms with E-state index in [1.54, 1.807) is 18.2 Å². The normalized spacial score (nSPS) is 18.2. The van der Waals surface area contributed by atoms with Crippen molar-refractivity contribution in [1.82, 2.24) is 20.6 Å². The number of hydrogen-bond acceptors (Lipinski definition) is 7. The maximum absolute atomic E-state index is 14.1. The molecule has 2 aromatic carbocycles. The number of amides is 1. The number of ether oxygens (including phenoxy) is 2. The molecule has 0 bridgehead atoms. The second-order valence-corrected chi connectivity index (χ2v) is 10.2. The van der Waals surface area contributed by atoms with E-state index >= 15 is 0 Å². The van der Waals surface area contributed by atoms with E-state index in [4.69, 9.17) is 9.47 Å². The molecule has 2 aliphatic rings. The standard InChI is InChI=1S/C31H28F3N5O3/c32-21-4-1-18(2-5-21)26-13-22(15-38-31(26)42-24-8-10-36-17-24)39-29(40)20-11-25(19-3-6-27(33)28(34)12-19)30(37-14-20)41-23-7-9-35-16-23/h1-6,11-15,23-24,35-36H,7-10,16-17H2,(H,39,40). The van der Waals surface area contributed by atoms with Crippen LogP contribution in [0, 0.1) is 17.5 Å². The summed E-state index contributed by atoms with van der Waals surface area (Å²) in [4.78, 5) is 22.2. The van der Waals surface area contributed by atoms with Gasteiger partial charge in [-0.2, -0.15) is 0 Å². The fraction of sp³-hybridized carbons (Fsp3) is 0.258. The molecule has 1 amide bonds. The molecule has 4 heterocycles. The average molecular weight is 576 g/mol. The van der Waals surface area contributed by atoms with E-state index in [0.717, 1.165) is 38.1 Å². The van der Waals surface area contributed by atoms with Crippen LogP contribution in [0.5, 0.6) is 11.8 Å². The van der Waals surface area contributed by atoms with E-state index in [-0.39, 0.29) is 29.5 Å². The number of carbonyl (C=O) groups is 1. The van der Waals surface area contributed by atoms with Crippen LogP contribution in [0.3, 0.4) is 0 Å². The summed E-state index contributed by atoms with van der Waals surface area (Å²) in [6.45, 7) is 2.95. The lowest BCUT2D eigenvalue weighted by molar-refractivity contribution is 0.102. The van der Waals surface area contributed by atoms with Gasteiger partial charge in [0.1, 0.15) is 18.0 Å². The zero-order valence-corrected chi connectivity index (χ0v) is 22.5. The van der Waals surface area contributed by atoms with Crippen LogP contribution in [-0.4, -0.2) is 54.3 Å². The first-order valence-electron chi connectivity index (χ1n) is 13.7. The van der Waals surface area contributed by atoms with E-state index in [0.29, 0.717) is 46.9 Å². The highest BCUT2D eigenvalue weighted by Crippen LogP contribution is 2.34. The summed E-state index contributed by atoms with van der Waals surface area (Å²) in [5, 5.41) is 9.27. The predicted molar refractivity (Wildman–Crippen MR) is 151 cm³/mol. The number of halogens is 3. The van der Waals surface area contributed by atoms with Gasteiger partial charge in [-0.25, -0.2) is 23.1 Å². The first-order valence-corrected chi connectivity index (χ1v) is 13.7. The van der Waals surface area contributed by atoms with Gasteiger partial charge in [0.15, 0.2) is 11.6 Å². The van der Waals surface area contributed by atoms with Crippen molar-refractivity contribution in [1.29, 1.82) is 0 Å². The molecule has 2 aromatic heterocycles. The molecule has 42 heavy (non-hydrogen) atoms. The highest BCUT2D eigenvalue weighted by Gasteiger charge is 2.23. The largest absolute Gasteiger partial charge is 0.473 e. The molecule has 0 saturated carbocycles. The van der Waals surface area contributed by atoms with E-state index in [1.165, 1.54) is 36.7 Å². The number of benzene rings is 2. The Morgan fingerprint density at radius 1 is 0.762 bits per heavy atom. The lowest BCUT2D eigenvalue weighted by atomic mass is 10.0. The number of hydrogen-bond donors (Lipinski definition) is 3. The van der Waals surface area contributed by atoms with Gasteiger partial charge in [0, 0.05) is 30.4 Å². The Morgan fingerprint density at radius 3 is 2.00 bits per heavy atom. The van der Waals surface area contributed by atoms with Crippen LogP contribution in [0.1, 0.15) is 23.2 Å². The van der Waals surface area contributed by atoms with Gasteiger partial charge < -0.3 is 25.4 Å². The number of nitrogens with one attached hydrogen (secondary N) is 3. The van der Waals surface area contributed by atoms with Crippen LogP contribution >= 0.6 is 0 Å². The molecule has 4 aromatic rings. The molecule has 0 aliphatic carbocycles. The Bertz CT molecular complexity index is 1590. The van der Waals surface area contributed by atoms with Crippen molar-refractivity contribution in [3.8, 4) is 34.0 Å². The van der Waals surface area contributed by atoms with E-state index in [1.807, 2.05) is 0 Å². The third-order valence-electron chi connectivity index (χ3n) is 7.19. The first-order chi connectivity index (χ1) is 20.4. The Kier molecular flexibility index (Phi) is 8.02. The molecular weight excluding hydrogens is 547 g/mol. The van der Waals surface area contributed by atoms with Crippen LogP contribution in [0.15, 0.2) is 67.0 Å². The average Bonchev–Trinajstić information content (AvgIpc) is 3.71. The SMILES string of the molecule is O=C(Nc1cnc(OC2CCNC2)c(-c2ccc(F)cc2)c1)c1cnc(OC2CCNC2)c(-c2ccc(F)c(F)c2)c1. The van der Waals surface area contributed by atoms with Crippen LogP contribution in [0.2, 0.25) is 0 Å². The number of rotatable bonds is 8. The first kappa shape index (κ1) is 27.7. The molecule has 2 unspecified atom stereocenters. The van der Waals surface area contributed by atoms with Crippen molar-refractivity contribution in [3.63, 3.8) is 0 Å². The highest BCUT2D eigenvalue weighted by atomic mass is 19.2. The van der Waals surface area contributed by atoms with Crippen molar-refractivity contribution >= 4 is 11.6 Å². The molecule has 11 heteroatoms. The summed E-state index contributed by atoms with van der Waals surface area (Å²) in [6, 6.07) is 12.7. The Labute approximate surface area is 240 Å². The molecule has 2 fully saturated rings. The number of nitrogens with zero attached hydrogens (tertiary/aromatic N) is 2. The quantitative estimate of drug-likeness (QED) is 0.273. The summed E-state index contributed by atoms with van der Waals surface area (Å²) in [6.07, 6.45) is 4.25. The second kappa shape index (κ2) is 12.2. The third-order valence-corrected chi connectivity index (χ3v) is 7.19. The lowest BCUT2D eigenvalue weighted by Crippen LogP contribution is -2.21. The summed E-state index contributed by atoms with van der Waals surface area (Å²) < 4.78 is 53.6. The van der Waals surface area contributed by atoms with E-state index < -0.39 is 17.5 Å². The molecule has 6 rings (SSSR count). The number of aromatic nitrogens is 2. The Balaban J connectivity index is 1.30. The minimum atomic E-state index is -1.02. The van der Waals surface area contributed by atoms with Gasteiger partial charge in [-0.05, 0) is 73.5 Å². The van der Waals surface area contributed by atoms with Crippen LogP contribution in [-0.2, 0) is 0 Å². The Hall–Kier alpha value is -4.48. The fourth-order valence-corrected chi connectivity index (χ4v) is 4.97. The molecule has 2 aliphatic heterocycles. The molecule has 2 saturated heterocycles. The molecule has 216 valence electrons. The summed E-state index contributed by atoms with van der Waals surface area (Å²) in [7, 11) is 0. The van der Waals surface area contributed by atoms with Crippen LogP contribution < -0.4 is 25.4 Å². The maximum atomic E-state index is 14.1. The fourth-order valence-electron chi connectivity index (χ4n) is 4.97. The molecule has 0 radical (unpaired) electrons. The van der Waals surface area contributed by atoms with Gasteiger partial charge in [0.2, 0.25) is 11.8 Å². The molecule has 8 nitrogen and oxygen atoms in total. The summed E-state index contributed by atoms with van der Waals surface area (Å²) in [5.74, 6) is -2.29. The molecule has 0 spiro atoms. The van der Waals surface area contributed by atoms with Crippen molar-refractivity contribution < 1.29 is 27.4 Å². The zero-order valence-electron chi connectivity index (χ0n) is 22.5. The zero-order chi connectivity index (χ0) is 29.1. The van der Waals surface area contributed by atoms with Crippen LogP contribution in [0.25, 0.3) is 22.3 Å². The number of pyridine rings is 2. The highest BCUT2D eigenvalue weighted by molar-refractivity contribution is 6.05. The molecule has 2 atom stereocenters. The number of anilines is 1. The minimum absolute atomic E-state index is 0.0568. The maximum Gasteiger partial charge on any atom is 0.257 e. The molecular formula is C31H28F3N5O3. The topological polar surface area (TPSA) is 97.4 Å². The summed E-state index contributed by atoms with van der Waals surface area (Å²) in [5.41, 5.74) is 2.49. The van der Waals surface area contributed by atoms with Gasteiger partial charge in [-0.1, -0.05) is 18.2 Å². The summed E-state index contributed by atoms with van der Waals surface area (Å²) >= 11 is 0.